The molecule has 0 spiro atoms. The number of hydrogen-bond donors (Lipinski definition) is 0. The molecule has 0 saturated heterocycles. The molecule has 0 aliphatic rings. The lowest BCUT2D eigenvalue weighted by molar-refractivity contribution is 0.607. The molecule has 0 saturated carbocycles. The predicted molar refractivity (Wildman–Crippen MR) is 54.5 cm³/mol. The molecule has 1 atom stereocenters. The molecule has 0 heterocycles. The molecule has 0 aliphatic heterocycles. The largest absolute Gasteiger partial charge is 0.397 e. The first-order valence-electron chi connectivity index (χ1n) is 4.33. The summed E-state index contributed by atoms with van der Waals surface area (Å²) in [5, 5.41) is 0. The van der Waals surface area contributed by atoms with Crippen LogP contribution in [0.15, 0.2) is 24.3 Å². The third-order valence-corrected chi connectivity index (χ3v) is 2.42. The van der Waals surface area contributed by atoms with Gasteiger partial charge in [-0.25, -0.2) is 0 Å². The maximum atomic E-state index is 11.8. The molecule has 13 heavy (non-hydrogen) atoms. The van der Waals surface area contributed by atoms with Gasteiger partial charge in [0.05, 0.1) is 0 Å². The van der Waals surface area contributed by atoms with Crippen molar-refractivity contribution in [2.75, 3.05) is 0 Å². The summed E-state index contributed by atoms with van der Waals surface area (Å²) in [7, 11) is 0. The van der Waals surface area contributed by atoms with Gasteiger partial charge in [0, 0.05) is 0 Å². The highest BCUT2D eigenvalue weighted by atomic mass is 32.2. The highest BCUT2D eigenvalue weighted by Crippen LogP contribution is 2.24. The topological polar surface area (TPSA) is 9.23 Å². The van der Waals surface area contributed by atoms with Crippen LogP contribution in [0.4, 0.5) is 3.89 Å². The van der Waals surface area contributed by atoms with Gasteiger partial charge < -0.3 is 4.18 Å². The molecule has 0 amide bonds. The van der Waals surface area contributed by atoms with Gasteiger partial charge in [-0.15, -0.1) is 3.89 Å². The van der Waals surface area contributed by atoms with E-state index in [1.807, 2.05) is 18.2 Å². The van der Waals surface area contributed by atoms with E-state index in [0.29, 0.717) is 11.7 Å². The molecule has 3 heteroatoms. The second kappa shape index (κ2) is 5.12. The quantitative estimate of drug-likeness (QED) is 0.676. The summed E-state index contributed by atoms with van der Waals surface area (Å²) in [6.45, 7) is 4.27. The third kappa shape index (κ3) is 2.92. The van der Waals surface area contributed by atoms with Crippen LogP contribution in [-0.2, 0) is 0 Å². The summed E-state index contributed by atoms with van der Waals surface area (Å²) >= 11 is -0.117. The van der Waals surface area contributed by atoms with E-state index < -0.39 is 0 Å². The Morgan fingerprint density at radius 2 is 2.31 bits per heavy atom. The van der Waals surface area contributed by atoms with Crippen molar-refractivity contribution in [2.24, 2.45) is 0 Å². The Labute approximate surface area is 82.8 Å². The lowest BCUT2D eigenvalue weighted by atomic mass is 9.99. The Balaban J connectivity index is 2.78. The lowest BCUT2D eigenvalue weighted by Gasteiger charge is -2.09. The van der Waals surface area contributed by atoms with Gasteiger partial charge in [-0.2, -0.15) is 0 Å². The maximum absolute atomic E-state index is 11.8. The normalized spacial score (nSPS) is 12.5. The number of halogens is 1. The maximum Gasteiger partial charge on any atom is 0.272 e. The van der Waals surface area contributed by atoms with Crippen molar-refractivity contribution in [1.82, 2.24) is 0 Å². The van der Waals surface area contributed by atoms with E-state index in [9.17, 15) is 3.89 Å². The number of rotatable bonds is 4. The monoisotopic (exact) mass is 200 g/mol. The lowest BCUT2D eigenvalue weighted by Crippen LogP contribution is -1.91. The molecule has 1 rings (SSSR count). The van der Waals surface area contributed by atoms with Crippen LogP contribution in [0.2, 0.25) is 0 Å². The van der Waals surface area contributed by atoms with Gasteiger partial charge in [0.15, 0.2) is 0 Å². The van der Waals surface area contributed by atoms with Crippen LogP contribution >= 0.6 is 12.4 Å². The van der Waals surface area contributed by atoms with Crippen LogP contribution in [0.3, 0.4) is 0 Å². The Morgan fingerprint density at radius 1 is 1.54 bits per heavy atom. The van der Waals surface area contributed by atoms with Crippen LogP contribution in [0.1, 0.15) is 31.7 Å². The highest BCUT2D eigenvalue weighted by molar-refractivity contribution is 7.89. The first-order chi connectivity index (χ1) is 6.27. The van der Waals surface area contributed by atoms with Crippen LogP contribution in [0, 0.1) is 0 Å². The average Bonchev–Trinajstić information content (AvgIpc) is 2.18. The van der Waals surface area contributed by atoms with Gasteiger partial charge in [0.2, 0.25) is 0 Å². The van der Waals surface area contributed by atoms with Crippen molar-refractivity contribution in [3.05, 3.63) is 29.8 Å². The molecular formula is C10H13FOS. The standard InChI is InChI=1S/C10H13FOS/c1-3-8(2)9-5-4-6-10(7-9)12-13-11/h4-8H,3H2,1-2H3. The SMILES string of the molecule is CCC(C)c1cccc(OSF)c1. The zero-order chi connectivity index (χ0) is 9.68. The van der Waals surface area contributed by atoms with Crippen LogP contribution in [0.5, 0.6) is 5.75 Å². The first-order valence-corrected chi connectivity index (χ1v) is 4.97. The highest BCUT2D eigenvalue weighted by Gasteiger charge is 2.03. The zero-order valence-electron chi connectivity index (χ0n) is 7.79. The summed E-state index contributed by atoms with van der Waals surface area (Å²) < 4.78 is 16.5. The minimum atomic E-state index is -0.117. The van der Waals surface area contributed by atoms with Gasteiger partial charge >= 0.3 is 0 Å². The number of hydrogen-bond acceptors (Lipinski definition) is 2. The molecule has 0 N–H and O–H groups in total. The van der Waals surface area contributed by atoms with Crippen molar-refractivity contribution in [3.8, 4) is 5.75 Å². The van der Waals surface area contributed by atoms with Crippen molar-refractivity contribution in [1.29, 1.82) is 0 Å². The molecule has 0 radical (unpaired) electrons. The summed E-state index contributed by atoms with van der Waals surface area (Å²) in [5.74, 6) is 1.07. The Morgan fingerprint density at radius 3 is 2.92 bits per heavy atom. The molecule has 1 aromatic carbocycles. The molecule has 1 unspecified atom stereocenters. The van der Waals surface area contributed by atoms with Crippen molar-refractivity contribution in [2.45, 2.75) is 26.2 Å². The summed E-state index contributed by atoms with van der Waals surface area (Å²) in [5.41, 5.74) is 1.19. The van der Waals surface area contributed by atoms with Crippen LogP contribution in [0.25, 0.3) is 0 Å². The van der Waals surface area contributed by atoms with E-state index in [1.165, 1.54) is 5.56 Å². The van der Waals surface area contributed by atoms with Gasteiger partial charge in [-0.1, -0.05) is 26.0 Å². The van der Waals surface area contributed by atoms with Crippen molar-refractivity contribution >= 4 is 12.4 Å². The second-order valence-corrected chi connectivity index (χ2v) is 3.32. The zero-order valence-corrected chi connectivity index (χ0v) is 8.60. The third-order valence-electron chi connectivity index (χ3n) is 2.17. The summed E-state index contributed by atoms with van der Waals surface area (Å²) in [6.07, 6.45) is 1.08. The fourth-order valence-electron chi connectivity index (χ4n) is 1.14. The van der Waals surface area contributed by atoms with E-state index in [2.05, 4.69) is 13.8 Å². The summed E-state index contributed by atoms with van der Waals surface area (Å²) in [6, 6.07) is 7.54. The molecule has 1 nitrogen and oxygen atoms in total. The van der Waals surface area contributed by atoms with Crippen LogP contribution in [-0.4, -0.2) is 0 Å². The Kier molecular flexibility index (Phi) is 4.09. The van der Waals surface area contributed by atoms with Gasteiger partial charge in [-0.05, 0) is 30.0 Å². The molecule has 0 aromatic heterocycles. The van der Waals surface area contributed by atoms with E-state index >= 15 is 0 Å². The smallest absolute Gasteiger partial charge is 0.272 e. The Bertz CT molecular complexity index is 265. The second-order valence-electron chi connectivity index (χ2n) is 3.03. The van der Waals surface area contributed by atoms with E-state index in [0.717, 1.165) is 6.42 Å². The average molecular weight is 200 g/mol. The minimum absolute atomic E-state index is 0.117. The minimum Gasteiger partial charge on any atom is -0.397 e. The van der Waals surface area contributed by atoms with Gasteiger partial charge in [-0.3, -0.25) is 0 Å². The van der Waals surface area contributed by atoms with Gasteiger partial charge in [0.25, 0.3) is 12.4 Å². The fraction of sp³-hybridized carbons (Fsp3) is 0.400. The molecular weight excluding hydrogens is 187 g/mol. The molecule has 0 bridgehead atoms. The first kappa shape index (κ1) is 10.4. The predicted octanol–water partition coefficient (Wildman–Crippen LogP) is 4.11. The summed E-state index contributed by atoms with van der Waals surface area (Å²) in [4.78, 5) is 0. The van der Waals surface area contributed by atoms with E-state index in [4.69, 9.17) is 4.18 Å². The van der Waals surface area contributed by atoms with Crippen molar-refractivity contribution < 1.29 is 8.07 Å². The fourth-order valence-corrected chi connectivity index (χ4v) is 1.32. The van der Waals surface area contributed by atoms with Crippen molar-refractivity contribution in [3.63, 3.8) is 0 Å². The molecule has 72 valence electrons. The molecule has 1 aromatic rings. The number of benzene rings is 1. The molecule has 0 aliphatic carbocycles. The van der Waals surface area contributed by atoms with Crippen LogP contribution < -0.4 is 4.18 Å². The molecule has 0 fully saturated rings. The van der Waals surface area contributed by atoms with E-state index in [1.54, 1.807) is 6.07 Å². The van der Waals surface area contributed by atoms with E-state index in [-0.39, 0.29) is 12.4 Å². The Hall–Kier alpha value is -0.700. The van der Waals surface area contributed by atoms with Gasteiger partial charge in [0.1, 0.15) is 5.75 Å².